The summed E-state index contributed by atoms with van der Waals surface area (Å²) in [5.74, 6) is -1.29. The van der Waals surface area contributed by atoms with Gasteiger partial charge >= 0.3 is 0 Å². The highest BCUT2D eigenvalue weighted by atomic mass is 35.5. The van der Waals surface area contributed by atoms with Crippen molar-refractivity contribution in [2.45, 2.75) is 19.8 Å². The van der Waals surface area contributed by atoms with Gasteiger partial charge in [0.15, 0.2) is 5.75 Å². The number of hydrogen-bond acceptors (Lipinski definition) is 3. The predicted molar refractivity (Wildman–Crippen MR) is 65.4 cm³/mol. The van der Waals surface area contributed by atoms with Crippen molar-refractivity contribution < 1.29 is 17.9 Å². The maximum absolute atomic E-state index is 13.0. The van der Waals surface area contributed by atoms with Gasteiger partial charge in [0.2, 0.25) is 10.0 Å². The van der Waals surface area contributed by atoms with Gasteiger partial charge in [-0.15, -0.1) is 0 Å². The van der Waals surface area contributed by atoms with Gasteiger partial charge in [-0.05, 0) is 12.5 Å². The molecule has 96 valence electrons. The highest BCUT2D eigenvalue weighted by Gasteiger charge is 2.15. The Hall–Kier alpha value is -1.01. The van der Waals surface area contributed by atoms with Crippen LogP contribution in [0, 0.1) is 5.82 Å². The molecule has 1 aromatic rings. The van der Waals surface area contributed by atoms with Gasteiger partial charge < -0.3 is 5.11 Å². The molecule has 7 heteroatoms. The number of rotatable bonds is 5. The van der Waals surface area contributed by atoms with Crippen molar-refractivity contribution in [2.24, 2.45) is 0 Å². The van der Waals surface area contributed by atoms with Crippen LogP contribution < -0.4 is 4.72 Å². The summed E-state index contributed by atoms with van der Waals surface area (Å²) in [5.41, 5.74) is -0.244. The molecule has 17 heavy (non-hydrogen) atoms. The van der Waals surface area contributed by atoms with E-state index in [0.717, 1.165) is 18.6 Å². The Labute approximate surface area is 104 Å². The molecule has 0 saturated heterocycles. The summed E-state index contributed by atoms with van der Waals surface area (Å²) in [6.45, 7) is 1.85. The van der Waals surface area contributed by atoms with Gasteiger partial charge in [-0.2, -0.15) is 0 Å². The van der Waals surface area contributed by atoms with Crippen LogP contribution in [-0.4, -0.2) is 19.3 Å². The van der Waals surface area contributed by atoms with Gasteiger partial charge in [-0.3, -0.25) is 4.72 Å². The largest absolute Gasteiger partial charge is 0.504 e. The molecule has 0 spiro atoms. The Balaban J connectivity index is 2.95. The van der Waals surface area contributed by atoms with E-state index in [1.807, 2.05) is 6.92 Å². The molecule has 0 unspecified atom stereocenters. The molecule has 0 aliphatic rings. The zero-order valence-corrected chi connectivity index (χ0v) is 10.8. The Kier molecular flexibility index (Phi) is 4.59. The molecule has 2 N–H and O–H groups in total. The second kappa shape index (κ2) is 5.55. The molecule has 0 radical (unpaired) electrons. The molecule has 1 aromatic carbocycles. The molecular formula is C10H13ClFNO3S. The second-order valence-corrected chi connectivity index (χ2v) is 5.81. The molecule has 4 nitrogen and oxygen atoms in total. The van der Waals surface area contributed by atoms with Crippen molar-refractivity contribution in [3.8, 4) is 5.75 Å². The smallest absolute Gasteiger partial charge is 0.232 e. The highest BCUT2D eigenvalue weighted by Crippen LogP contribution is 2.33. The molecule has 0 amide bonds. The predicted octanol–water partition coefficient (Wildman–Crippen LogP) is 2.73. The summed E-state index contributed by atoms with van der Waals surface area (Å²) < 4.78 is 38.2. The van der Waals surface area contributed by atoms with Crippen molar-refractivity contribution in [1.29, 1.82) is 0 Å². The quantitative estimate of drug-likeness (QED) is 0.816. The third-order valence-corrected chi connectivity index (χ3v) is 3.71. The number of hydrogen-bond donors (Lipinski definition) is 2. The summed E-state index contributed by atoms with van der Waals surface area (Å²) >= 11 is 5.53. The van der Waals surface area contributed by atoms with E-state index in [-0.39, 0.29) is 16.5 Å². The molecular weight excluding hydrogens is 269 g/mol. The van der Waals surface area contributed by atoms with Crippen LogP contribution in [-0.2, 0) is 10.0 Å². The lowest BCUT2D eigenvalue weighted by Gasteiger charge is -2.10. The maximum Gasteiger partial charge on any atom is 0.232 e. The van der Waals surface area contributed by atoms with E-state index in [9.17, 15) is 17.9 Å². The van der Waals surface area contributed by atoms with Gasteiger partial charge in [0.05, 0.1) is 16.5 Å². The van der Waals surface area contributed by atoms with Gasteiger partial charge in [-0.25, -0.2) is 12.8 Å². The van der Waals surface area contributed by atoms with Gasteiger partial charge in [-0.1, -0.05) is 24.9 Å². The van der Waals surface area contributed by atoms with E-state index >= 15 is 0 Å². The standard InChI is InChI=1S/C10H13ClFNO3S/c1-2-3-4-17(15,16)13-9-6-7(12)5-8(11)10(9)14/h5-6,13-14H,2-4H2,1H3. The van der Waals surface area contributed by atoms with E-state index in [4.69, 9.17) is 11.6 Å². The zero-order valence-electron chi connectivity index (χ0n) is 9.20. The lowest BCUT2D eigenvalue weighted by Crippen LogP contribution is -2.16. The number of sulfonamides is 1. The minimum Gasteiger partial charge on any atom is -0.504 e. The van der Waals surface area contributed by atoms with Gasteiger partial charge in [0.1, 0.15) is 5.82 Å². The lowest BCUT2D eigenvalue weighted by atomic mass is 10.3. The number of anilines is 1. The summed E-state index contributed by atoms with van der Waals surface area (Å²) in [6.07, 6.45) is 1.20. The minimum atomic E-state index is -3.59. The van der Waals surface area contributed by atoms with Crippen LogP contribution in [0.4, 0.5) is 10.1 Å². The number of nitrogens with one attached hydrogen (secondary N) is 1. The van der Waals surface area contributed by atoms with Crippen LogP contribution >= 0.6 is 11.6 Å². The van der Waals surface area contributed by atoms with Crippen LogP contribution in [0.1, 0.15) is 19.8 Å². The van der Waals surface area contributed by atoms with E-state index in [0.29, 0.717) is 6.42 Å². The third kappa shape index (κ3) is 4.05. The molecule has 0 atom stereocenters. The molecule has 0 bridgehead atoms. The average molecular weight is 282 g/mol. The molecule has 0 aromatic heterocycles. The SMILES string of the molecule is CCCCS(=O)(=O)Nc1cc(F)cc(Cl)c1O. The minimum absolute atomic E-state index is 0.0862. The van der Waals surface area contributed by atoms with E-state index < -0.39 is 21.6 Å². The summed E-state index contributed by atoms with van der Waals surface area (Å²) in [5, 5.41) is 9.25. The number of phenolic OH excluding ortho intramolecular Hbond substituents is 1. The summed E-state index contributed by atoms with van der Waals surface area (Å²) in [6, 6.07) is 1.78. The van der Waals surface area contributed by atoms with Crippen molar-refractivity contribution in [2.75, 3.05) is 10.5 Å². The first-order valence-corrected chi connectivity index (χ1v) is 7.07. The van der Waals surface area contributed by atoms with E-state index in [2.05, 4.69) is 4.72 Å². The number of unbranched alkanes of at least 4 members (excludes halogenated alkanes) is 1. The highest BCUT2D eigenvalue weighted by molar-refractivity contribution is 7.92. The number of halogens is 2. The van der Waals surface area contributed by atoms with Crippen molar-refractivity contribution in [1.82, 2.24) is 0 Å². The number of phenols is 1. The zero-order chi connectivity index (χ0) is 13.1. The monoisotopic (exact) mass is 281 g/mol. The van der Waals surface area contributed by atoms with Crippen LogP contribution in [0.3, 0.4) is 0 Å². The van der Waals surface area contributed by atoms with Gasteiger partial charge in [0.25, 0.3) is 0 Å². The first-order chi connectivity index (χ1) is 7.85. The Morgan fingerprint density at radius 3 is 2.71 bits per heavy atom. The number of aromatic hydroxyl groups is 1. The number of benzene rings is 1. The van der Waals surface area contributed by atoms with Crippen molar-refractivity contribution >= 4 is 27.3 Å². The Morgan fingerprint density at radius 2 is 2.12 bits per heavy atom. The van der Waals surface area contributed by atoms with E-state index in [1.165, 1.54) is 0 Å². The fraction of sp³-hybridized carbons (Fsp3) is 0.400. The van der Waals surface area contributed by atoms with E-state index in [1.54, 1.807) is 0 Å². The van der Waals surface area contributed by atoms with Crippen LogP contribution in [0.5, 0.6) is 5.75 Å². The van der Waals surface area contributed by atoms with Crippen LogP contribution in [0.15, 0.2) is 12.1 Å². The average Bonchev–Trinajstić information content (AvgIpc) is 2.22. The van der Waals surface area contributed by atoms with Gasteiger partial charge in [0, 0.05) is 6.07 Å². The summed E-state index contributed by atoms with van der Waals surface area (Å²) in [4.78, 5) is 0. The van der Waals surface area contributed by atoms with Crippen molar-refractivity contribution in [3.05, 3.63) is 23.0 Å². The first kappa shape index (κ1) is 14.1. The van der Waals surface area contributed by atoms with Crippen LogP contribution in [0.2, 0.25) is 5.02 Å². The normalized spacial score (nSPS) is 11.5. The molecule has 0 aliphatic carbocycles. The summed E-state index contributed by atoms with van der Waals surface area (Å²) in [7, 11) is -3.59. The van der Waals surface area contributed by atoms with Crippen molar-refractivity contribution in [3.63, 3.8) is 0 Å². The molecule has 0 heterocycles. The molecule has 0 fully saturated rings. The topological polar surface area (TPSA) is 66.4 Å². The first-order valence-electron chi connectivity index (χ1n) is 5.04. The fourth-order valence-electron chi connectivity index (χ4n) is 1.20. The molecule has 0 saturated carbocycles. The second-order valence-electron chi connectivity index (χ2n) is 3.56. The Bertz CT molecular complexity index is 505. The fourth-order valence-corrected chi connectivity index (χ4v) is 2.66. The Morgan fingerprint density at radius 1 is 1.47 bits per heavy atom. The third-order valence-electron chi connectivity index (χ3n) is 2.06. The van der Waals surface area contributed by atoms with Crippen LogP contribution in [0.25, 0.3) is 0 Å². The lowest BCUT2D eigenvalue weighted by molar-refractivity contribution is 0.476. The molecule has 1 rings (SSSR count). The maximum atomic E-state index is 13.0. The molecule has 0 aliphatic heterocycles.